The molecular weight excluding hydrogens is 276 g/mol. The Kier molecular flexibility index (Phi) is 4.04. The summed E-state index contributed by atoms with van der Waals surface area (Å²) in [4.78, 5) is 4.75. The molecule has 0 radical (unpaired) electrons. The molecule has 0 amide bonds. The third kappa shape index (κ3) is 3.14. The maximum atomic E-state index is 4.75. The maximum Gasteiger partial charge on any atom is 0.0957 e. The Morgan fingerprint density at radius 3 is 2.48 bits per heavy atom. The van der Waals surface area contributed by atoms with Gasteiger partial charge in [0, 0.05) is 12.5 Å². The number of aryl methyl sites for hydroxylation is 2. The molecule has 3 rings (SSSR count). The Balaban J connectivity index is 1.89. The number of para-hydroxylation sites is 1. The first kappa shape index (κ1) is 14.2. The number of hydrogen-bond acceptors (Lipinski definition) is 3. The van der Waals surface area contributed by atoms with Crippen molar-refractivity contribution in [1.82, 2.24) is 10.3 Å². The largest absolute Gasteiger partial charge is 0.313 e. The highest BCUT2D eigenvalue weighted by Gasteiger charge is 2.14. The lowest BCUT2D eigenvalue weighted by atomic mass is 9.99. The number of nitrogens with zero attached hydrogens (tertiary/aromatic N) is 1. The molecule has 1 atom stereocenters. The van der Waals surface area contributed by atoms with Crippen LogP contribution in [0, 0.1) is 13.8 Å². The minimum atomic E-state index is 0.309. The normalized spacial score (nSPS) is 12.7. The van der Waals surface area contributed by atoms with Crippen LogP contribution in [-0.2, 0) is 6.42 Å². The van der Waals surface area contributed by atoms with Crippen LogP contribution in [0.3, 0.4) is 0 Å². The highest BCUT2D eigenvalue weighted by Crippen LogP contribution is 2.26. The highest BCUT2D eigenvalue weighted by atomic mass is 32.1. The van der Waals surface area contributed by atoms with Gasteiger partial charge in [-0.15, -0.1) is 11.3 Å². The zero-order valence-electron chi connectivity index (χ0n) is 12.7. The van der Waals surface area contributed by atoms with E-state index in [4.69, 9.17) is 4.98 Å². The number of fused-ring (bicyclic) bond motifs is 1. The van der Waals surface area contributed by atoms with Crippen molar-refractivity contribution in [2.75, 3.05) is 7.05 Å². The summed E-state index contributed by atoms with van der Waals surface area (Å²) in [6.07, 6.45) is 0.929. The second-order valence-corrected chi connectivity index (χ2v) is 6.66. The molecule has 0 saturated heterocycles. The number of aromatic nitrogens is 1. The van der Waals surface area contributed by atoms with Crippen LogP contribution < -0.4 is 5.32 Å². The first-order chi connectivity index (χ1) is 10.2. The van der Waals surface area contributed by atoms with Crippen LogP contribution >= 0.6 is 11.3 Å². The van der Waals surface area contributed by atoms with Crippen LogP contribution in [-0.4, -0.2) is 12.0 Å². The molecule has 0 aliphatic carbocycles. The van der Waals surface area contributed by atoms with E-state index in [1.165, 1.54) is 26.4 Å². The Hall–Kier alpha value is -1.71. The van der Waals surface area contributed by atoms with Crippen molar-refractivity contribution in [3.63, 3.8) is 0 Å². The Morgan fingerprint density at radius 2 is 1.81 bits per heavy atom. The minimum absolute atomic E-state index is 0.309. The molecule has 1 N–H and O–H groups in total. The lowest BCUT2D eigenvalue weighted by Crippen LogP contribution is -2.19. The van der Waals surface area contributed by atoms with Gasteiger partial charge in [-0.25, -0.2) is 4.98 Å². The van der Waals surface area contributed by atoms with E-state index in [0.717, 1.165) is 11.9 Å². The van der Waals surface area contributed by atoms with Crippen molar-refractivity contribution in [3.8, 4) is 0 Å². The van der Waals surface area contributed by atoms with Gasteiger partial charge in [0.15, 0.2) is 0 Å². The van der Waals surface area contributed by atoms with Crippen molar-refractivity contribution in [1.29, 1.82) is 0 Å². The quantitative estimate of drug-likeness (QED) is 0.771. The highest BCUT2D eigenvalue weighted by molar-refractivity contribution is 7.18. The Morgan fingerprint density at radius 1 is 1.10 bits per heavy atom. The molecule has 1 unspecified atom stereocenters. The van der Waals surface area contributed by atoms with Crippen LogP contribution in [0.25, 0.3) is 10.2 Å². The molecule has 0 bridgehead atoms. The molecule has 0 fully saturated rings. The average Bonchev–Trinajstić information content (AvgIpc) is 2.86. The number of benzene rings is 2. The van der Waals surface area contributed by atoms with Crippen molar-refractivity contribution in [3.05, 3.63) is 64.2 Å². The molecule has 1 heterocycles. The van der Waals surface area contributed by atoms with E-state index < -0.39 is 0 Å². The summed E-state index contributed by atoms with van der Waals surface area (Å²) in [5.74, 6) is 0. The average molecular weight is 296 g/mol. The molecule has 0 spiro atoms. The summed E-state index contributed by atoms with van der Waals surface area (Å²) >= 11 is 1.79. The molecule has 1 aromatic heterocycles. The van der Waals surface area contributed by atoms with Crippen molar-refractivity contribution >= 4 is 21.6 Å². The van der Waals surface area contributed by atoms with Gasteiger partial charge in [0.2, 0.25) is 0 Å². The summed E-state index contributed by atoms with van der Waals surface area (Å²) in [6, 6.07) is 15.4. The standard InChI is InChI=1S/C18H20N2S/c1-12-8-13(2)10-14(9-12)16(19-3)11-18-20-15-6-4-5-7-17(15)21-18/h4-10,16,19H,11H2,1-3H3. The first-order valence-corrected chi connectivity index (χ1v) is 8.07. The molecule has 21 heavy (non-hydrogen) atoms. The molecule has 0 aliphatic heterocycles. The fraction of sp³-hybridized carbons (Fsp3) is 0.278. The molecular formula is C18H20N2S. The molecule has 2 aromatic carbocycles. The van der Waals surface area contributed by atoms with Crippen LogP contribution in [0.15, 0.2) is 42.5 Å². The van der Waals surface area contributed by atoms with Crippen LogP contribution in [0.4, 0.5) is 0 Å². The van der Waals surface area contributed by atoms with Crippen LogP contribution in [0.5, 0.6) is 0 Å². The number of nitrogens with one attached hydrogen (secondary N) is 1. The summed E-state index contributed by atoms with van der Waals surface area (Å²) in [5, 5.41) is 4.62. The zero-order valence-corrected chi connectivity index (χ0v) is 13.5. The van der Waals surface area contributed by atoms with E-state index in [2.05, 4.69) is 55.6 Å². The molecule has 3 heteroatoms. The Labute approximate surface area is 129 Å². The van der Waals surface area contributed by atoms with Gasteiger partial charge in [0.05, 0.1) is 15.2 Å². The van der Waals surface area contributed by atoms with Gasteiger partial charge < -0.3 is 5.32 Å². The van der Waals surface area contributed by atoms with E-state index in [1.54, 1.807) is 11.3 Å². The van der Waals surface area contributed by atoms with E-state index in [0.29, 0.717) is 6.04 Å². The summed E-state index contributed by atoms with van der Waals surface area (Å²) < 4.78 is 1.27. The second kappa shape index (κ2) is 5.96. The molecule has 0 aliphatic rings. The monoisotopic (exact) mass is 296 g/mol. The molecule has 2 nitrogen and oxygen atoms in total. The van der Waals surface area contributed by atoms with Crippen molar-refractivity contribution in [2.45, 2.75) is 26.3 Å². The summed E-state index contributed by atoms with van der Waals surface area (Å²) in [6.45, 7) is 4.31. The maximum absolute atomic E-state index is 4.75. The third-order valence-corrected chi connectivity index (χ3v) is 4.77. The van der Waals surface area contributed by atoms with Crippen molar-refractivity contribution < 1.29 is 0 Å². The number of rotatable bonds is 4. The van der Waals surface area contributed by atoms with Gasteiger partial charge in [-0.2, -0.15) is 0 Å². The topological polar surface area (TPSA) is 24.9 Å². The predicted molar refractivity (Wildman–Crippen MR) is 91.0 cm³/mol. The van der Waals surface area contributed by atoms with E-state index in [-0.39, 0.29) is 0 Å². The van der Waals surface area contributed by atoms with Gasteiger partial charge in [0.25, 0.3) is 0 Å². The fourth-order valence-corrected chi connectivity index (χ4v) is 3.79. The molecule has 0 saturated carbocycles. The molecule has 108 valence electrons. The molecule has 3 aromatic rings. The minimum Gasteiger partial charge on any atom is -0.313 e. The van der Waals surface area contributed by atoms with E-state index in [9.17, 15) is 0 Å². The van der Waals surface area contributed by atoms with E-state index in [1.807, 2.05) is 13.1 Å². The van der Waals surface area contributed by atoms with Crippen LogP contribution in [0.1, 0.15) is 27.7 Å². The Bertz CT molecular complexity index is 708. The smallest absolute Gasteiger partial charge is 0.0957 e. The first-order valence-electron chi connectivity index (χ1n) is 7.25. The van der Waals surface area contributed by atoms with Gasteiger partial charge in [-0.05, 0) is 38.6 Å². The van der Waals surface area contributed by atoms with Crippen molar-refractivity contribution in [2.24, 2.45) is 0 Å². The zero-order chi connectivity index (χ0) is 14.8. The fourth-order valence-electron chi connectivity index (χ4n) is 2.78. The summed E-state index contributed by atoms with van der Waals surface area (Å²) in [5.41, 5.74) is 5.08. The van der Waals surface area contributed by atoms with Gasteiger partial charge in [-0.1, -0.05) is 41.5 Å². The van der Waals surface area contributed by atoms with E-state index >= 15 is 0 Å². The SMILES string of the molecule is CNC(Cc1nc2ccccc2s1)c1cc(C)cc(C)c1. The summed E-state index contributed by atoms with van der Waals surface area (Å²) in [7, 11) is 2.02. The third-order valence-electron chi connectivity index (χ3n) is 3.71. The lowest BCUT2D eigenvalue weighted by molar-refractivity contribution is 0.590. The number of hydrogen-bond donors (Lipinski definition) is 1. The van der Waals surface area contributed by atoms with Gasteiger partial charge in [-0.3, -0.25) is 0 Å². The lowest BCUT2D eigenvalue weighted by Gasteiger charge is -2.16. The van der Waals surface area contributed by atoms with Gasteiger partial charge >= 0.3 is 0 Å². The number of thiazole rings is 1. The number of likely N-dealkylation sites (N-methyl/N-ethyl adjacent to an activating group) is 1. The second-order valence-electron chi connectivity index (χ2n) is 5.54. The van der Waals surface area contributed by atoms with Crippen LogP contribution in [0.2, 0.25) is 0 Å². The van der Waals surface area contributed by atoms with Gasteiger partial charge in [0.1, 0.15) is 0 Å². The predicted octanol–water partition coefficient (Wildman–Crippen LogP) is 4.42.